The number of halogens is 1. The third-order valence-electron chi connectivity index (χ3n) is 3.03. The van der Waals surface area contributed by atoms with Crippen molar-refractivity contribution in [3.63, 3.8) is 0 Å². The van der Waals surface area contributed by atoms with Crippen molar-refractivity contribution >= 4 is 50.1 Å². The van der Waals surface area contributed by atoms with E-state index in [1.807, 2.05) is 6.92 Å². The molecule has 3 rings (SSSR count). The van der Waals surface area contributed by atoms with Gasteiger partial charge in [0, 0.05) is 4.47 Å². The van der Waals surface area contributed by atoms with Crippen LogP contribution in [0.1, 0.15) is 11.9 Å². The fourth-order valence-electron chi connectivity index (χ4n) is 1.86. The summed E-state index contributed by atoms with van der Waals surface area (Å²) in [6.45, 7) is 1.98. The first kappa shape index (κ1) is 17.8. The lowest BCUT2D eigenvalue weighted by molar-refractivity contribution is -0.113. The lowest BCUT2D eigenvalue weighted by atomic mass is 10.2. The standard InChI is InChI=1S/C14H13BrN6O2S2/c1-2-11-18-21-14(25-11)16-10(23)6-24-13-17-12(19-20-13)8-5-7(15)3-4-9(8)22/h3-5,22H,2,6H2,1H3,(H,16,21,23)(H,17,19,20). The molecule has 0 atom stereocenters. The molecule has 0 bridgehead atoms. The predicted octanol–water partition coefficient (Wildman–Crippen LogP) is 3.08. The second kappa shape index (κ2) is 7.93. The number of carbonyl (C=O) groups is 1. The molecule has 0 radical (unpaired) electrons. The molecule has 0 saturated heterocycles. The fourth-order valence-corrected chi connectivity index (χ4v) is 3.52. The number of aromatic amines is 1. The van der Waals surface area contributed by atoms with Crippen LogP contribution in [-0.4, -0.2) is 42.1 Å². The van der Waals surface area contributed by atoms with Gasteiger partial charge in [-0.3, -0.25) is 15.2 Å². The van der Waals surface area contributed by atoms with Gasteiger partial charge in [0.2, 0.25) is 16.2 Å². The lowest BCUT2D eigenvalue weighted by Crippen LogP contribution is -2.13. The molecular formula is C14H13BrN6O2S2. The smallest absolute Gasteiger partial charge is 0.236 e. The van der Waals surface area contributed by atoms with Crippen molar-refractivity contribution in [3.05, 3.63) is 27.7 Å². The average Bonchev–Trinajstić information content (AvgIpc) is 3.24. The van der Waals surface area contributed by atoms with Gasteiger partial charge in [0.25, 0.3) is 0 Å². The van der Waals surface area contributed by atoms with Crippen LogP contribution in [0, 0.1) is 0 Å². The van der Waals surface area contributed by atoms with Crippen LogP contribution in [0.25, 0.3) is 11.4 Å². The van der Waals surface area contributed by atoms with E-state index in [0.717, 1.165) is 15.9 Å². The van der Waals surface area contributed by atoms with Gasteiger partial charge in [-0.2, -0.15) is 0 Å². The number of phenolic OH excluding ortho intramolecular Hbond substituents is 1. The molecule has 130 valence electrons. The van der Waals surface area contributed by atoms with Gasteiger partial charge >= 0.3 is 0 Å². The highest BCUT2D eigenvalue weighted by Crippen LogP contribution is 2.30. The molecule has 2 heterocycles. The van der Waals surface area contributed by atoms with Gasteiger partial charge in [0.1, 0.15) is 10.8 Å². The van der Waals surface area contributed by atoms with E-state index in [0.29, 0.717) is 21.7 Å². The molecule has 25 heavy (non-hydrogen) atoms. The van der Waals surface area contributed by atoms with Crippen LogP contribution in [0.15, 0.2) is 27.8 Å². The van der Waals surface area contributed by atoms with E-state index in [2.05, 4.69) is 46.6 Å². The molecule has 0 saturated carbocycles. The Morgan fingerprint density at radius 2 is 2.28 bits per heavy atom. The Balaban J connectivity index is 1.60. The highest BCUT2D eigenvalue weighted by Gasteiger charge is 2.13. The zero-order valence-corrected chi connectivity index (χ0v) is 16.2. The number of aromatic hydroxyl groups is 1. The van der Waals surface area contributed by atoms with Crippen LogP contribution in [0.5, 0.6) is 5.75 Å². The summed E-state index contributed by atoms with van der Waals surface area (Å²) in [7, 11) is 0. The largest absolute Gasteiger partial charge is 0.507 e. The van der Waals surface area contributed by atoms with Gasteiger partial charge in [-0.15, -0.1) is 15.3 Å². The number of rotatable bonds is 6. The van der Waals surface area contributed by atoms with E-state index in [4.69, 9.17) is 0 Å². The van der Waals surface area contributed by atoms with E-state index in [1.165, 1.54) is 23.1 Å². The number of H-pyrrole nitrogens is 1. The summed E-state index contributed by atoms with van der Waals surface area (Å²) in [4.78, 5) is 16.2. The number of anilines is 1. The maximum Gasteiger partial charge on any atom is 0.236 e. The number of aryl methyl sites for hydroxylation is 1. The lowest BCUT2D eigenvalue weighted by Gasteiger charge is -2.00. The number of amides is 1. The molecule has 0 fully saturated rings. The minimum absolute atomic E-state index is 0.0941. The average molecular weight is 441 g/mol. The van der Waals surface area contributed by atoms with Crippen molar-refractivity contribution in [1.29, 1.82) is 0 Å². The van der Waals surface area contributed by atoms with Crippen LogP contribution in [0.3, 0.4) is 0 Å². The minimum atomic E-state index is -0.208. The molecule has 0 spiro atoms. The molecule has 0 aliphatic heterocycles. The molecule has 0 aliphatic rings. The molecule has 3 N–H and O–H groups in total. The molecule has 1 amide bonds. The molecule has 8 nitrogen and oxygen atoms in total. The van der Waals surface area contributed by atoms with E-state index in [1.54, 1.807) is 18.2 Å². The number of aromatic nitrogens is 5. The highest BCUT2D eigenvalue weighted by atomic mass is 79.9. The van der Waals surface area contributed by atoms with Gasteiger partial charge < -0.3 is 5.11 Å². The maximum atomic E-state index is 12.0. The molecule has 0 unspecified atom stereocenters. The monoisotopic (exact) mass is 440 g/mol. The number of benzene rings is 1. The summed E-state index contributed by atoms with van der Waals surface area (Å²) >= 11 is 5.88. The van der Waals surface area contributed by atoms with Crippen molar-refractivity contribution in [2.24, 2.45) is 0 Å². The van der Waals surface area contributed by atoms with Crippen LogP contribution in [0.4, 0.5) is 5.13 Å². The van der Waals surface area contributed by atoms with E-state index < -0.39 is 0 Å². The summed E-state index contributed by atoms with van der Waals surface area (Å²) < 4.78 is 0.814. The number of hydrogen-bond donors (Lipinski definition) is 3. The first-order chi connectivity index (χ1) is 12.0. The Kier molecular flexibility index (Phi) is 5.66. The maximum absolute atomic E-state index is 12.0. The minimum Gasteiger partial charge on any atom is -0.507 e. The third kappa shape index (κ3) is 4.55. The molecule has 3 aromatic rings. The third-order valence-corrected chi connectivity index (χ3v) is 5.35. The zero-order valence-electron chi connectivity index (χ0n) is 13.0. The SMILES string of the molecule is CCc1nnc(NC(=O)CSc2n[nH]c(-c3cc(Br)ccc3O)n2)s1. The molecule has 2 aromatic heterocycles. The molecule has 0 aliphatic carbocycles. The number of nitrogens with one attached hydrogen (secondary N) is 2. The van der Waals surface area contributed by atoms with Crippen LogP contribution in [-0.2, 0) is 11.2 Å². The van der Waals surface area contributed by atoms with Gasteiger partial charge in [0.15, 0.2) is 5.82 Å². The van der Waals surface area contributed by atoms with Gasteiger partial charge in [-0.1, -0.05) is 46.0 Å². The quantitative estimate of drug-likeness (QED) is 0.504. The Morgan fingerprint density at radius 3 is 3.04 bits per heavy atom. The van der Waals surface area contributed by atoms with E-state index in [9.17, 15) is 9.90 Å². The predicted molar refractivity (Wildman–Crippen MR) is 99.8 cm³/mol. The number of phenols is 1. The van der Waals surface area contributed by atoms with Crippen LogP contribution in [0.2, 0.25) is 0 Å². The zero-order chi connectivity index (χ0) is 17.8. The van der Waals surface area contributed by atoms with Crippen molar-refractivity contribution in [2.75, 3.05) is 11.1 Å². The van der Waals surface area contributed by atoms with Crippen LogP contribution < -0.4 is 5.32 Å². The Labute approximate surface area is 159 Å². The fraction of sp³-hybridized carbons (Fsp3) is 0.214. The summed E-state index contributed by atoms with van der Waals surface area (Å²) in [6.07, 6.45) is 0.782. The van der Waals surface area contributed by atoms with Crippen molar-refractivity contribution in [3.8, 4) is 17.1 Å². The highest BCUT2D eigenvalue weighted by molar-refractivity contribution is 9.10. The first-order valence-electron chi connectivity index (χ1n) is 7.21. The topological polar surface area (TPSA) is 117 Å². The second-order valence-corrected chi connectivity index (χ2v) is 7.74. The van der Waals surface area contributed by atoms with Crippen molar-refractivity contribution in [2.45, 2.75) is 18.5 Å². The van der Waals surface area contributed by atoms with Crippen molar-refractivity contribution in [1.82, 2.24) is 25.4 Å². The number of thioether (sulfide) groups is 1. The van der Waals surface area contributed by atoms with Gasteiger partial charge in [-0.25, -0.2) is 4.98 Å². The Morgan fingerprint density at radius 1 is 1.44 bits per heavy atom. The summed E-state index contributed by atoms with van der Waals surface area (Å²) in [5.41, 5.74) is 0.527. The molecule has 1 aromatic carbocycles. The van der Waals surface area contributed by atoms with Gasteiger partial charge in [0.05, 0.1) is 11.3 Å². The first-order valence-corrected chi connectivity index (χ1v) is 9.81. The van der Waals surface area contributed by atoms with Crippen LogP contribution >= 0.6 is 39.0 Å². The van der Waals surface area contributed by atoms with E-state index in [-0.39, 0.29) is 17.4 Å². The Bertz CT molecular complexity index is 897. The number of carbonyl (C=O) groups excluding carboxylic acids is 1. The number of hydrogen-bond acceptors (Lipinski definition) is 8. The van der Waals surface area contributed by atoms with Gasteiger partial charge in [-0.05, 0) is 24.6 Å². The summed E-state index contributed by atoms with van der Waals surface area (Å²) in [6, 6.07) is 5.03. The Hall–Kier alpha value is -1.98. The molecular weight excluding hydrogens is 428 g/mol. The normalized spacial score (nSPS) is 10.8. The second-order valence-electron chi connectivity index (χ2n) is 4.82. The summed E-state index contributed by atoms with van der Waals surface area (Å²) in [5, 5.41) is 29.0. The van der Waals surface area contributed by atoms with Crippen molar-refractivity contribution < 1.29 is 9.90 Å². The van der Waals surface area contributed by atoms with E-state index >= 15 is 0 Å². The number of nitrogens with zero attached hydrogens (tertiary/aromatic N) is 4. The molecule has 11 heteroatoms. The summed E-state index contributed by atoms with van der Waals surface area (Å²) in [5.74, 6) is 0.457.